The van der Waals surface area contributed by atoms with Crippen molar-refractivity contribution in [2.75, 3.05) is 19.9 Å². The fourth-order valence-electron chi connectivity index (χ4n) is 1.90. The molecule has 14 heavy (non-hydrogen) atoms. The van der Waals surface area contributed by atoms with Crippen LogP contribution >= 0.6 is 18.9 Å². The molecule has 0 saturated carbocycles. The predicted octanol–water partition coefficient (Wildman–Crippen LogP) is 4.38. The summed E-state index contributed by atoms with van der Waals surface area (Å²) < 4.78 is 5.48. The number of unbranched alkanes of at least 4 members (excludes halogenated alkanes) is 2. The predicted molar refractivity (Wildman–Crippen MR) is 73.0 cm³/mol. The van der Waals surface area contributed by atoms with Crippen LogP contribution in [0.2, 0.25) is 0 Å². The van der Waals surface area contributed by atoms with E-state index < -0.39 is 6.69 Å². The summed E-state index contributed by atoms with van der Waals surface area (Å²) in [4.78, 5) is 0. The summed E-state index contributed by atoms with van der Waals surface area (Å²) in [5.41, 5.74) is 0.397. The second-order valence-electron chi connectivity index (χ2n) is 5.18. The number of thiol groups is 1. The van der Waals surface area contributed by atoms with Gasteiger partial charge in [-0.3, -0.25) is 0 Å². The maximum atomic E-state index is 5.48. The van der Waals surface area contributed by atoms with E-state index >= 15 is 0 Å². The summed E-state index contributed by atoms with van der Waals surface area (Å²) >= 11 is 4.64. The first-order valence-electron chi connectivity index (χ1n) is 5.60. The molecule has 0 bridgehead atoms. The first-order chi connectivity index (χ1) is 6.33. The van der Waals surface area contributed by atoms with Crippen molar-refractivity contribution in [2.45, 2.75) is 46.5 Å². The second kappa shape index (κ2) is 6.35. The molecule has 0 unspecified atom stereocenters. The third kappa shape index (κ3) is 7.09. The Morgan fingerprint density at radius 2 is 1.86 bits per heavy atom. The van der Waals surface area contributed by atoms with Crippen LogP contribution in [0.3, 0.4) is 0 Å². The maximum absolute atomic E-state index is 5.48. The zero-order valence-corrected chi connectivity index (χ0v) is 12.3. The molecule has 0 radical (unpaired) electrons. The van der Waals surface area contributed by atoms with Crippen molar-refractivity contribution in [2.24, 2.45) is 5.41 Å². The van der Waals surface area contributed by atoms with Crippen molar-refractivity contribution in [3.05, 3.63) is 0 Å². The van der Waals surface area contributed by atoms with Crippen LogP contribution in [0.4, 0.5) is 0 Å². The molecule has 0 fully saturated rings. The van der Waals surface area contributed by atoms with Gasteiger partial charge in [0.05, 0.1) is 0 Å². The Morgan fingerprint density at radius 3 is 2.29 bits per heavy atom. The van der Waals surface area contributed by atoms with Crippen molar-refractivity contribution in [3.8, 4) is 0 Å². The summed E-state index contributed by atoms with van der Waals surface area (Å²) in [5, 5.41) is 0. The van der Waals surface area contributed by atoms with Crippen LogP contribution in [0.1, 0.15) is 46.5 Å². The molecule has 88 valence electrons. The number of rotatable bonds is 7. The van der Waals surface area contributed by atoms with Crippen LogP contribution < -0.4 is 0 Å². The molecular weight excluding hydrogens is 211 g/mol. The molecule has 0 saturated heterocycles. The van der Waals surface area contributed by atoms with Gasteiger partial charge in [-0.05, 0) is 0 Å². The molecule has 0 aromatic rings. The summed E-state index contributed by atoms with van der Waals surface area (Å²) in [6.07, 6.45) is 6.43. The van der Waals surface area contributed by atoms with Crippen molar-refractivity contribution < 1.29 is 4.52 Å². The first kappa shape index (κ1) is 14.7. The average Bonchev–Trinajstić information content (AvgIpc) is 2.03. The van der Waals surface area contributed by atoms with Crippen LogP contribution in [-0.2, 0) is 4.52 Å². The standard InChI is InChI=1S/C11H27OPS/c1-6-7-8-9-11(2,3)10-13(5,14)12-4/h13-14H,6-10H2,1-5H3. The van der Waals surface area contributed by atoms with Crippen molar-refractivity contribution in [1.82, 2.24) is 0 Å². The normalized spacial score (nSPS) is 14.4. The fourth-order valence-corrected chi connectivity index (χ4v) is 5.28. The van der Waals surface area contributed by atoms with Crippen LogP contribution in [0.5, 0.6) is 0 Å². The third-order valence-corrected chi connectivity index (χ3v) is 6.22. The quantitative estimate of drug-likeness (QED) is 0.393. The molecule has 0 rings (SSSR count). The van der Waals surface area contributed by atoms with Gasteiger partial charge in [0.2, 0.25) is 0 Å². The van der Waals surface area contributed by atoms with E-state index in [0.29, 0.717) is 5.41 Å². The molecule has 3 heteroatoms. The molecule has 0 spiro atoms. The van der Waals surface area contributed by atoms with E-state index in [0.717, 1.165) is 6.16 Å². The summed E-state index contributed by atoms with van der Waals surface area (Å²) in [5.74, 6) is 0. The molecule has 0 aliphatic carbocycles. The molecule has 0 aromatic heterocycles. The molecule has 1 nitrogen and oxygen atoms in total. The molecule has 0 N–H and O–H groups in total. The van der Waals surface area contributed by atoms with Gasteiger partial charge in [0.1, 0.15) is 0 Å². The van der Waals surface area contributed by atoms with Gasteiger partial charge < -0.3 is 0 Å². The Labute approximate surface area is 95.6 Å². The molecular formula is C11H27OPS. The molecule has 0 amide bonds. The van der Waals surface area contributed by atoms with Crippen LogP contribution in [-0.4, -0.2) is 19.9 Å². The molecule has 0 heterocycles. The number of hydrogen-bond donors (Lipinski definition) is 1. The minimum atomic E-state index is -1.68. The Hall–Kier alpha value is 0.740. The van der Waals surface area contributed by atoms with Gasteiger partial charge >= 0.3 is 95.3 Å². The van der Waals surface area contributed by atoms with Gasteiger partial charge in [0, 0.05) is 0 Å². The van der Waals surface area contributed by atoms with E-state index in [4.69, 9.17) is 4.52 Å². The van der Waals surface area contributed by atoms with Gasteiger partial charge in [0.25, 0.3) is 0 Å². The zero-order chi connectivity index (χ0) is 11.2. The third-order valence-electron chi connectivity index (χ3n) is 2.70. The Bertz CT molecular complexity index is 157. The molecule has 0 atom stereocenters. The summed E-state index contributed by atoms with van der Waals surface area (Å²) in [7, 11) is 1.79. The second-order valence-corrected chi connectivity index (χ2v) is 11.1. The van der Waals surface area contributed by atoms with Crippen LogP contribution in [0.15, 0.2) is 0 Å². The van der Waals surface area contributed by atoms with E-state index in [1.165, 1.54) is 25.7 Å². The van der Waals surface area contributed by atoms with Crippen molar-refractivity contribution in [3.63, 3.8) is 0 Å². The topological polar surface area (TPSA) is 9.23 Å². The Balaban J connectivity index is 3.93. The van der Waals surface area contributed by atoms with E-state index in [2.05, 4.69) is 39.7 Å². The molecule has 0 aliphatic heterocycles. The summed E-state index contributed by atoms with van der Waals surface area (Å²) in [6, 6.07) is 0. The monoisotopic (exact) mass is 238 g/mol. The van der Waals surface area contributed by atoms with Crippen LogP contribution in [0, 0.1) is 5.41 Å². The van der Waals surface area contributed by atoms with Crippen molar-refractivity contribution >= 4 is 18.9 Å². The summed E-state index contributed by atoms with van der Waals surface area (Å²) in [6.45, 7) is 7.42. The minimum absolute atomic E-state index is 0.397. The SMILES string of the molecule is CCCCCC(C)(C)C[PH](C)(S)OC. The van der Waals surface area contributed by atoms with Gasteiger partial charge in [-0.25, -0.2) is 0 Å². The fraction of sp³-hybridized carbons (Fsp3) is 1.00. The van der Waals surface area contributed by atoms with Gasteiger partial charge in [-0.15, -0.1) is 0 Å². The van der Waals surface area contributed by atoms with E-state index in [1.54, 1.807) is 7.11 Å². The van der Waals surface area contributed by atoms with Gasteiger partial charge in [-0.2, -0.15) is 0 Å². The van der Waals surface area contributed by atoms with Gasteiger partial charge in [0.15, 0.2) is 0 Å². The van der Waals surface area contributed by atoms with E-state index in [1.807, 2.05) is 0 Å². The Kier molecular flexibility index (Phi) is 6.69. The van der Waals surface area contributed by atoms with E-state index in [-0.39, 0.29) is 0 Å². The molecule has 0 aliphatic rings. The Morgan fingerprint density at radius 1 is 1.29 bits per heavy atom. The van der Waals surface area contributed by atoms with Gasteiger partial charge in [-0.1, -0.05) is 0 Å². The molecule has 0 aromatic carbocycles. The van der Waals surface area contributed by atoms with E-state index in [9.17, 15) is 0 Å². The average molecular weight is 238 g/mol. The van der Waals surface area contributed by atoms with Crippen molar-refractivity contribution in [1.29, 1.82) is 0 Å². The first-order valence-corrected chi connectivity index (χ1v) is 9.51. The zero-order valence-electron chi connectivity index (χ0n) is 10.4. The number of hydrogen-bond acceptors (Lipinski definition) is 2. The van der Waals surface area contributed by atoms with Crippen LogP contribution in [0.25, 0.3) is 0 Å².